The molecule has 6 heteroatoms. The van der Waals surface area contributed by atoms with Crippen LogP contribution in [0, 0.1) is 0 Å². The molecule has 0 aliphatic carbocycles. The minimum Gasteiger partial charge on any atom is -0.493 e. The van der Waals surface area contributed by atoms with Crippen molar-refractivity contribution in [2.75, 3.05) is 20.8 Å². The van der Waals surface area contributed by atoms with E-state index in [9.17, 15) is 4.79 Å². The van der Waals surface area contributed by atoms with E-state index in [4.69, 9.17) is 14.5 Å². The predicted molar refractivity (Wildman–Crippen MR) is 115 cm³/mol. The summed E-state index contributed by atoms with van der Waals surface area (Å²) in [4.78, 5) is 17.1. The number of aryl methyl sites for hydroxylation is 2. The number of rotatable bonds is 10. The van der Waals surface area contributed by atoms with Gasteiger partial charge in [0.2, 0.25) is 5.91 Å². The molecule has 154 valence electrons. The molecule has 1 amide bonds. The molecule has 6 nitrogen and oxygen atoms in total. The molecule has 1 heterocycles. The van der Waals surface area contributed by atoms with Crippen LogP contribution in [0.15, 0.2) is 42.5 Å². The Hall–Kier alpha value is -3.02. The predicted octanol–water partition coefficient (Wildman–Crippen LogP) is 3.76. The van der Waals surface area contributed by atoms with Gasteiger partial charge in [-0.1, -0.05) is 25.1 Å². The zero-order chi connectivity index (χ0) is 20.6. The summed E-state index contributed by atoms with van der Waals surface area (Å²) in [5.74, 6) is 2.38. The fourth-order valence-corrected chi connectivity index (χ4v) is 3.50. The number of nitrogens with zero attached hydrogens (tertiary/aromatic N) is 2. The van der Waals surface area contributed by atoms with Gasteiger partial charge in [-0.2, -0.15) is 0 Å². The summed E-state index contributed by atoms with van der Waals surface area (Å²) < 4.78 is 12.8. The monoisotopic (exact) mass is 395 g/mol. The van der Waals surface area contributed by atoms with Gasteiger partial charge < -0.3 is 19.4 Å². The van der Waals surface area contributed by atoms with Crippen molar-refractivity contribution in [1.82, 2.24) is 14.9 Å². The molecule has 0 spiro atoms. The van der Waals surface area contributed by atoms with Crippen LogP contribution in [0.1, 0.15) is 31.2 Å². The largest absolute Gasteiger partial charge is 0.493 e. The first-order valence-electron chi connectivity index (χ1n) is 10.1. The van der Waals surface area contributed by atoms with Crippen LogP contribution in [0.25, 0.3) is 11.0 Å². The van der Waals surface area contributed by atoms with E-state index in [0.717, 1.165) is 42.7 Å². The molecule has 0 unspecified atom stereocenters. The van der Waals surface area contributed by atoms with Crippen molar-refractivity contribution in [3.63, 3.8) is 0 Å². The van der Waals surface area contributed by atoms with Crippen LogP contribution in [0.5, 0.6) is 11.5 Å². The summed E-state index contributed by atoms with van der Waals surface area (Å²) in [6, 6.07) is 13.8. The third-order valence-corrected chi connectivity index (χ3v) is 4.89. The van der Waals surface area contributed by atoms with Crippen LogP contribution in [-0.4, -0.2) is 36.2 Å². The third kappa shape index (κ3) is 5.08. The Kier molecular flexibility index (Phi) is 7.11. The molecular formula is C23H29N3O3. The highest BCUT2D eigenvalue weighted by atomic mass is 16.5. The first-order valence-corrected chi connectivity index (χ1v) is 10.1. The van der Waals surface area contributed by atoms with Crippen LogP contribution >= 0.6 is 0 Å². The Morgan fingerprint density at radius 2 is 1.90 bits per heavy atom. The maximum atomic E-state index is 12.3. The number of ether oxygens (including phenoxy) is 2. The number of fused-ring (bicyclic) bond motifs is 1. The minimum atomic E-state index is -0.000666. The van der Waals surface area contributed by atoms with Crippen molar-refractivity contribution in [3.05, 3.63) is 53.9 Å². The fourth-order valence-electron chi connectivity index (χ4n) is 3.50. The molecule has 0 bridgehead atoms. The standard InChI is InChI=1S/C23H29N3O3/c1-4-14-26-19-9-6-5-8-18(19)25-22(26)10-7-13-24-23(27)16-17-11-12-20(28-2)21(15-17)29-3/h5-6,8-9,11-12,15H,4,7,10,13-14,16H2,1-3H3,(H,24,27). The highest BCUT2D eigenvalue weighted by molar-refractivity contribution is 5.78. The number of amides is 1. The molecule has 3 aromatic rings. The maximum Gasteiger partial charge on any atom is 0.224 e. The van der Waals surface area contributed by atoms with Gasteiger partial charge in [-0.25, -0.2) is 4.98 Å². The lowest BCUT2D eigenvalue weighted by Gasteiger charge is -2.10. The van der Waals surface area contributed by atoms with Crippen molar-refractivity contribution >= 4 is 16.9 Å². The van der Waals surface area contributed by atoms with Gasteiger partial charge in [0.1, 0.15) is 5.82 Å². The summed E-state index contributed by atoms with van der Waals surface area (Å²) >= 11 is 0. The van der Waals surface area contributed by atoms with Gasteiger partial charge in [-0.3, -0.25) is 4.79 Å². The number of carbonyl (C=O) groups is 1. The van der Waals surface area contributed by atoms with Crippen LogP contribution < -0.4 is 14.8 Å². The topological polar surface area (TPSA) is 65.4 Å². The van der Waals surface area contributed by atoms with Gasteiger partial charge in [-0.05, 0) is 42.7 Å². The maximum absolute atomic E-state index is 12.3. The highest BCUT2D eigenvalue weighted by Gasteiger charge is 2.11. The van der Waals surface area contributed by atoms with Crippen LogP contribution in [-0.2, 0) is 24.2 Å². The second kappa shape index (κ2) is 9.96. The minimum absolute atomic E-state index is 0.000666. The number of hydrogen-bond acceptors (Lipinski definition) is 4. The molecule has 2 aromatic carbocycles. The second-order valence-corrected chi connectivity index (χ2v) is 6.99. The highest BCUT2D eigenvalue weighted by Crippen LogP contribution is 2.27. The fraction of sp³-hybridized carbons (Fsp3) is 0.391. The molecule has 3 rings (SSSR count). The number of imidazole rings is 1. The van der Waals surface area contributed by atoms with E-state index in [1.165, 1.54) is 5.52 Å². The third-order valence-electron chi connectivity index (χ3n) is 4.89. The molecule has 0 radical (unpaired) electrons. The van der Waals surface area contributed by atoms with Gasteiger partial charge in [-0.15, -0.1) is 0 Å². The SMILES string of the molecule is CCCn1c(CCCNC(=O)Cc2ccc(OC)c(OC)c2)nc2ccccc21. The van der Waals surface area contributed by atoms with Crippen molar-refractivity contribution in [2.45, 2.75) is 39.2 Å². The average Bonchev–Trinajstić information content (AvgIpc) is 3.09. The number of nitrogens with one attached hydrogen (secondary N) is 1. The number of methoxy groups -OCH3 is 2. The molecule has 0 aliphatic heterocycles. The van der Waals surface area contributed by atoms with Crippen LogP contribution in [0.2, 0.25) is 0 Å². The van der Waals surface area contributed by atoms with Crippen molar-refractivity contribution in [3.8, 4) is 11.5 Å². The number of aromatic nitrogens is 2. The van der Waals surface area contributed by atoms with E-state index in [1.54, 1.807) is 14.2 Å². The van der Waals surface area contributed by atoms with Gasteiger partial charge >= 0.3 is 0 Å². The molecule has 29 heavy (non-hydrogen) atoms. The van der Waals surface area contributed by atoms with Gasteiger partial charge in [0.05, 0.1) is 31.7 Å². The van der Waals surface area contributed by atoms with E-state index >= 15 is 0 Å². The Bertz CT molecular complexity index is 965. The normalized spacial score (nSPS) is 10.9. The molecule has 0 saturated carbocycles. The summed E-state index contributed by atoms with van der Waals surface area (Å²) in [5, 5.41) is 3.00. The zero-order valence-corrected chi connectivity index (χ0v) is 17.4. The lowest BCUT2D eigenvalue weighted by molar-refractivity contribution is -0.120. The summed E-state index contributed by atoms with van der Waals surface area (Å²) in [5.41, 5.74) is 3.11. The van der Waals surface area contributed by atoms with E-state index < -0.39 is 0 Å². The van der Waals surface area contributed by atoms with Crippen molar-refractivity contribution < 1.29 is 14.3 Å². The number of para-hydroxylation sites is 2. The van der Waals surface area contributed by atoms with Crippen LogP contribution in [0.3, 0.4) is 0 Å². The quantitative estimate of drug-likeness (QED) is 0.531. The smallest absolute Gasteiger partial charge is 0.224 e. The molecule has 1 aromatic heterocycles. The van der Waals surface area contributed by atoms with Crippen molar-refractivity contribution in [1.29, 1.82) is 0 Å². The van der Waals surface area contributed by atoms with Crippen LogP contribution in [0.4, 0.5) is 0 Å². The van der Waals surface area contributed by atoms with Gasteiger partial charge in [0, 0.05) is 19.5 Å². The van der Waals surface area contributed by atoms with E-state index in [-0.39, 0.29) is 5.91 Å². The second-order valence-electron chi connectivity index (χ2n) is 6.99. The summed E-state index contributed by atoms with van der Waals surface area (Å²) in [7, 11) is 3.19. The lowest BCUT2D eigenvalue weighted by Crippen LogP contribution is -2.26. The van der Waals surface area contributed by atoms with Crippen molar-refractivity contribution in [2.24, 2.45) is 0 Å². The molecule has 0 saturated heterocycles. The zero-order valence-electron chi connectivity index (χ0n) is 17.4. The summed E-state index contributed by atoms with van der Waals surface area (Å²) in [6.07, 6.45) is 3.07. The number of hydrogen-bond donors (Lipinski definition) is 1. The van der Waals surface area contributed by atoms with E-state index in [1.807, 2.05) is 30.3 Å². The first-order chi connectivity index (χ1) is 14.2. The van der Waals surface area contributed by atoms with Gasteiger partial charge in [0.25, 0.3) is 0 Å². The Balaban J connectivity index is 1.52. The summed E-state index contributed by atoms with van der Waals surface area (Å²) in [6.45, 7) is 3.76. The molecule has 1 N–H and O–H groups in total. The number of carbonyl (C=O) groups excluding carboxylic acids is 1. The molecule has 0 atom stereocenters. The number of benzene rings is 2. The van der Waals surface area contributed by atoms with E-state index in [0.29, 0.717) is 24.5 Å². The average molecular weight is 396 g/mol. The van der Waals surface area contributed by atoms with E-state index in [2.05, 4.69) is 28.9 Å². The Labute approximate surface area is 171 Å². The lowest BCUT2D eigenvalue weighted by atomic mass is 10.1. The molecular weight excluding hydrogens is 366 g/mol. The Morgan fingerprint density at radius 1 is 1.10 bits per heavy atom. The molecule has 0 aliphatic rings. The van der Waals surface area contributed by atoms with Gasteiger partial charge in [0.15, 0.2) is 11.5 Å². The first kappa shape index (κ1) is 20.7. The molecule has 0 fully saturated rings. The Morgan fingerprint density at radius 3 is 2.66 bits per heavy atom.